The second-order valence-electron chi connectivity index (χ2n) is 5.18. The Morgan fingerprint density at radius 1 is 1.42 bits per heavy atom. The monoisotopic (exact) mass is 281 g/mol. The van der Waals surface area contributed by atoms with Gasteiger partial charge >= 0.3 is 0 Å². The zero-order valence-corrected chi connectivity index (χ0v) is 12.2. The molecule has 0 radical (unpaired) electrons. The van der Waals surface area contributed by atoms with Crippen molar-refractivity contribution in [2.75, 3.05) is 31.6 Å². The van der Waals surface area contributed by atoms with Crippen molar-refractivity contribution >= 4 is 22.9 Å². The van der Waals surface area contributed by atoms with Crippen molar-refractivity contribution < 1.29 is 4.39 Å². The molecule has 1 aromatic carbocycles. The molecule has 1 heterocycles. The van der Waals surface area contributed by atoms with Gasteiger partial charge in [-0.15, -0.1) is 0 Å². The Hall–Kier alpha value is -1.20. The fourth-order valence-corrected chi connectivity index (χ4v) is 2.85. The number of nitrogens with zero attached hydrogens (tertiary/aromatic N) is 2. The van der Waals surface area contributed by atoms with Crippen molar-refractivity contribution in [3.63, 3.8) is 0 Å². The van der Waals surface area contributed by atoms with Crippen molar-refractivity contribution in [1.29, 1.82) is 0 Å². The lowest BCUT2D eigenvalue weighted by atomic mass is 10.1. The molecule has 0 amide bonds. The summed E-state index contributed by atoms with van der Waals surface area (Å²) in [4.78, 5) is 4.84. The van der Waals surface area contributed by atoms with Gasteiger partial charge in [-0.05, 0) is 45.1 Å². The van der Waals surface area contributed by atoms with Gasteiger partial charge in [0.05, 0.1) is 0 Å². The highest BCUT2D eigenvalue weighted by Crippen LogP contribution is 2.25. The zero-order chi connectivity index (χ0) is 14.0. The summed E-state index contributed by atoms with van der Waals surface area (Å²) in [5.41, 5.74) is 7.30. The van der Waals surface area contributed by atoms with Crippen molar-refractivity contribution in [3.05, 3.63) is 29.6 Å². The quantitative estimate of drug-likeness (QED) is 0.840. The lowest BCUT2D eigenvalue weighted by molar-refractivity contribution is 0.337. The Kier molecular flexibility index (Phi) is 4.37. The molecule has 2 rings (SSSR count). The summed E-state index contributed by atoms with van der Waals surface area (Å²) in [6, 6.07) is 5.04. The maximum atomic E-state index is 13.4. The molecule has 2 N–H and O–H groups in total. The second-order valence-corrected chi connectivity index (χ2v) is 5.62. The Labute approximate surface area is 119 Å². The average molecular weight is 281 g/mol. The average Bonchev–Trinajstić information content (AvgIpc) is 2.50. The van der Waals surface area contributed by atoms with Crippen LogP contribution in [0.25, 0.3) is 0 Å². The van der Waals surface area contributed by atoms with Crippen molar-refractivity contribution in [1.82, 2.24) is 4.90 Å². The van der Waals surface area contributed by atoms with Crippen molar-refractivity contribution in [2.45, 2.75) is 19.4 Å². The highest BCUT2D eigenvalue weighted by molar-refractivity contribution is 7.80. The van der Waals surface area contributed by atoms with Crippen LogP contribution in [-0.4, -0.2) is 42.6 Å². The maximum Gasteiger partial charge on any atom is 0.124 e. The van der Waals surface area contributed by atoms with Crippen LogP contribution in [0.2, 0.25) is 0 Å². The van der Waals surface area contributed by atoms with Gasteiger partial charge in [-0.25, -0.2) is 4.39 Å². The van der Waals surface area contributed by atoms with E-state index in [4.69, 9.17) is 18.0 Å². The van der Waals surface area contributed by atoms with Gasteiger partial charge in [-0.3, -0.25) is 0 Å². The molecule has 0 bridgehead atoms. The normalized spacial score (nSPS) is 21.2. The second kappa shape index (κ2) is 5.84. The van der Waals surface area contributed by atoms with E-state index in [0.29, 0.717) is 11.6 Å². The topological polar surface area (TPSA) is 32.5 Å². The van der Waals surface area contributed by atoms with E-state index in [2.05, 4.69) is 23.8 Å². The van der Waals surface area contributed by atoms with Gasteiger partial charge in [0.25, 0.3) is 0 Å². The molecule has 1 aliphatic rings. The Morgan fingerprint density at radius 2 is 2.16 bits per heavy atom. The Bertz CT molecular complexity index is 478. The van der Waals surface area contributed by atoms with E-state index in [0.717, 1.165) is 31.7 Å². The van der Waals surface area contributed by atoms with Crippen LogP contribution in [0, 0.1) is 5.82 Å². The number of nitrogens with two attached hydrogens (primary N) is 1. The standard InChI is InChI=1S/C14H20FN3S/c1-10-9-17(2)6-3-7-18(10)13-5-4-11(15)8-12(13)14(16)19/h4-5,8,10H,3,6-7,9H2,1-2H3,(H2,16,19). The van der Waals surface area contributed by atoms with Crippen LogP contribution in [0.15, 0.2) is 18.2 Å². The molecular weight excluding hydrogens is 261 g/mol. The fourth-order valence-electron chi connectivity index (χ4n) is 2.69. The molecule has 3 nitrogen and oxygen atoms in total. The highest BCUT2D eigenvalue weighted by atomic mass is 32.1. The molecular formula is C14H20FN3S. The summed E-state index contributed by atoms with van der Waals surface area (Å²) in [5, 5.41) is 0. The van der Waals surface area contributed by atoms with E-state index in [9.17, 15) is 4.39 Å². The smallest absolute Gasteiger partial charge is 0.124 e. The lowest BCUT2D eigenvalue weighted by Crippen LogP contribution is -2.39. The van der Waals surface area contributed by atoms with E-state index in [-0.39, 0.29) is 10.8 Å². The first-order chi connectivity index (χ1) is 8.99. The van der Waals surface area contributed by atoms with Crippen LogP contribution >= 0.6 is 12.2 Å². The first kappa shape index (κ1) is 14.2. The summed E-state index contributed by atoms with van der Waals surface area (Å²) < 4.78 is 13.4. The third-order valence-electron chi connectivity index (χ3n) is 3.58. The van der Waals surface area contributed by atoms with E-state index in [1.54, 1.807) is 6.07 Å². The largest absolute Gasteiger partial charge is 0.389 e. The zero-order valence-electron chi connectivity index (χ0n) is 11.4. The van der Waals surface area contributed by atoms with E-state index < -0.39 is 0 Å². The molecule has 1 fully saturated rings. The molecule has 19 heavy (non-hydrogen) atoms. The van der Waals surface area contributed by atoms with Gasteiger partial charge in [0, 0.05) is 30.4 Å². The van der Waals surface area contributed by atoms with Gasteiger partial charge in [0.2, 0.25) is 0 Å². The maximum absolute atomic E-state index is 13.4. The van der Waals surface area contributed by atoms with Crippen molar-refractivity contribution in [3.8, 4) is 0 Å². The van der Waals surface area contributed by atoms with Crippen LogP contribution in [0.5, 0.6) is 0 Å². The molecule has 0 spiro atoms. The van der Waals surface area contributed by atoms with Crippen LogP contribution < -0.4 is 10.6 Å². The summed E-state index contributed by atoms with van der Waals surface area (Å²) >= 11 is 5.05. The number of benzene rings is 1. The summed E-state index contributed by atoms with van der Waals surface area (Å²) in [6.45, 7) is 5.17. The van der Waals surface area contributed by atoms with E-state index in [1.807, 2.05) is 0 Å². The first-order valence-corrected chi connectivity index (χ1v) is 6.94. The molecule has 104 valence electrons. The molecule has 1 aromatic rings. The van der Waals surface area contributed by atoms with Gasteiger partial charge in [0.1, 0.15) is 10.8 Å². The minimum atomic E-state index is -0.300. The Morgan fingerprint density at radius 3 is 2.84 bits per heavy atom. The summed E-state index contributed by atoms with van der Waals surface area (Å²) in [7, 11) is 2.12. The minimum absolute atomic E-state index is 0.249. The third kappa shape index (κ3) is 3.22. The van der Waals surface area contributed by atoms with Crippen LogP contribution in [0.3, 0.4) is 0 Å². The molecule has 1 unspecified atom stereocenters. The molecule has 0 aliphatic carbocycles. The van der Waals surface area contributed by atoms with Crippen LogP contribution in [-0.2, 0) is 0 Å². The first-order valence-electron chi connectivity index (χ1n) is 6.53. The van der Waals surface area contributed by atoms with Crippen molar-refractivity contribution in [2.24, 2.45) is 5.73 Å². The lowest BCUT2D eigenvalue weighted by Gasteiger charge is -2.31. The molecule has 0 aromatic heterocycles. The third-order valence-corrected chi connectivity index (χ3v) is 3.80. The number of halogens is 1. The minimum Gasteiger partial charge on any atom is -0.389 e. The molecule has 1 atom stereocenters. The number of rotatable bonds is 2. The van der Waals surface area contributed by atoms with Crippen LogP contribution in [0.4, 0.5) is 10.1 Å². The highest BCUT2D eigenvalue weighted by Gasteiger charge is 2.22. The SMILES string of the molecule is CC1CN(C)CCCN1c1ccc(F)cc1C(N)=S. The van der Waals surface area contributed by atoms with Crippen LogP contribution in [0.1, 0.15) is 18.9 Å². The fraction of sp³-hybridized carbons (Fsp3) is 0.500. The Balaban J connectivity index is 2.37. The molecule has 1 aliphatic heterocycles. The van der Waals surface area contributed by atoms with Gasteiger partial charge < -0.3 is 15.5 Å². The van der Waals surface area contributed by atoms with Gasteiger partial charge in [0.15, 0.2) is 0 Å². The van der Waals surface area contributed by atoms with Gasteiger partial charge in [-0.1, -0.05) is 12.2 Å². The number of anilines is 1. The summed E-state index contributed by atoms with van der Waals surface area (Å²) in [6.07, 6.45) is 1.08. The molecule has 0 saturated carbocycles. The molecule has 5 heteroatoms. The number of thiocarbonyl (C=S) groups is 1. The van der Waals surface area contributed by atoms with Gasteiger partial charge in [-0.2, -0.15) is 0 Å². The number of likely N-dealkylation sites (N-methyl/N-ethyl adjacent to an activating group) is 1. The summed E-state index contributed by atoms with van der Waals surface area (Å²) in [5.74, 6) is -0.300. The number of hydrogen-bond acceptors (Lipinski definition) is 3. The van der Waals surface area contributed by atoms with E-state index in [1.165, 1.54) is 12.1 Å². The predicted octanol–water partition coefficient (Wildman–Crippen LogP) is 1.99. The number of hydrogen-bond donors (Lipinski definition) is 1. The molecule has 1 saturated heterocycles. The van der Waals surface area contributed by atoms with E-state index >= 15 is 0 Å². The predicted molar refractivity (Wildman–Crippen MR) is 81.2 cm³/mol.